The van der Waals surface area contributed by atoms with Gasteiger partial charge in [-0.25, -0.2) is 9.59 Å². The fourth-order valence-electron chi connectivity index (χ4n) is 4.40. The number of fused-ring (bicyclic) bond motifs is 1. The Labute approximate surface area is 170 Å². The van der Waals surface area contributed by atoms with Gasteiger partial charge in [-0.3, -0.25) is 9.78 Å². The number of likely N-dealkylation sites (tertiary alicyclic amines) is 1. The zero-order valence-corrected chi connectivity index (χ0v) is 17.5. The molecule has 1 unspecified atom stereocenters. The number of rotatable bonds is 5. The minimum atomic E-state index is -1.01. The van der Waals surface area contributed by atoms with Crippen LogP contribution in [0.15, 0.2) is 24.5 Å². The number of ether oxygens (including phenoxy) is 1. The van der Waals surface area contributed by atoms with Crippen molar-refractivity contribution in [2.45, 2.75) is 58.7 Å². The first-order chi connectivity index (χ1) is 13.4. The summed E-state index contributed by atoms with van der Waals surface area (Å²) in [5.74, 6) is -1.32. The van der Waals surface area contributed by atoms with Crippen molar-refractivity contribution in [3.63, 3.8) is 0 Å². The fraction of sp³-hybridized carbons (Fsp3) is 0.619. The summed E-state index contributed by atoms with van der Waals surface area (Å²) in [6, 6.07) is 1.75. The Balaban J connectivity index is 1.80. The van der Waals surface area contributed by atoms with E-state index in [0.29, 0.717) is 6.54 Å². The van der Waals surface area contributed by atoms with E-state index in [9.17, 15) is 19.5 Å². The third-order valence-corrected chi connectivity index (χ3v) is 5.90. The zero-order chi connectivity index (χ0) is 21.6. The van der Waals surface area contributed by atoms with Gasteiger partial charge in [-0.05, 0) is 43.7 Å². The van der Waals surface area contributed by atoms with Gasteiger partial charge in [0.2, 0.25) is 5.91 Å². The van der Waals surface area contributed by atoms with Gasteiger partial charge in [-0.1, -0.05) is 19.9 Å². The molecule has 1 saturated heterocycles. The minimum Gasteiger partial charge on any atom is -0.480 e. The molecule has 29 heavy (non-hydrogen) atoms. The molecule has 158 valence electrons. The molecule has 1 aliphatic heterocycles. The lowest BCUT2D eigenvalue weighted by atomic mass is 9.99. The first-order valence-corrected chi connectivity index (χ1v) is 9.83. The van der Waals surface area contributed by atoms with Gasteiger partial charge in [0.1, 0.15) is 17.7 Å². The molecule has 1 aromatic rings. The summed E-state index contributed by atoms with van der Waals surface area (Å²) >= 11 is 0. The second-order valence-corrected chi connectivity index (χ2v) is 9.49. The van der Waals surface area contributed by atoms with Gasteiger partial charge in [0.25, 0.3) is 0 Å². The molecule has 0 radical (unpaired) electrons. The van der Waals surface area contributed by atoms with Crippen LogP contribution in [0.4, 0.5) is 4.79 Å². The lowest BCUT2D eigenvalue weighted by Gasteiger charge is -2.32. The Morgan fingerprint density at radius 3 is 2.62 bits per heavy atom. The van der Waals surface area contributed by atoms with Crippen LogP contribution < -0.4 is 5.32 Å². The highest BCUT2D eigenvalue weighted by Gasteiger charge is 2.69. The van der Waals surface area contributed by atoms with Crippen LogP contribution in [0.3, 0.4) is 0 Å². The predicted octanol–water partition coefficient (Wildman–Crippen LogP) is 2.08. The third-order valence-electron chi connectivity index (χ3n) is 5.90. The molecule has 2 amide bonds. The van der Waals surface area contributed by atoms with E-state index in [2.05, 4.69) is 10.3 Å². The van der Waals surface area contributed by atoms with Crippen LogP contribution in [-0.2, 0) is 20.7 Å². The summed E-state index contributed by atoms with van der Waals surface area (Å²) in [6.07, 6.45) is 2.73. The number of aliphatic carboxylic acids is 1. The van der Waals surface area contributed by atoms with Gasteiger partial charge < -0.3 is 20.1 Å². The normalized spacial score (nSPS) is 25.7. The quantitative estimate of drug-likeness (QED) is 0.779. The summed E-state index contributed by atoms with van der Waals surface area (Å²) in [6.45, 7) is 9.66. The maximum absolute atomic E-state index is 13.3. The molecule has 4 atom stereocenters. The van der Waals surface area contributed by atoms with Crippen molar-refractivity contribution in [2.75, 3.05) is 6.54 Å². The molecule has 1 aliphatic carbocycles. The van der Waals surface area contributed by atoms with E-state index < -0.39 is 35.7 Å². The summed E-state index contributed by atoms with van der Waals surface area (Å²) in [4.78, 5) is 43.0. The van der Waals surface area contributed by atoms with Crippen LogP contribution >= 0.6 is 0 Å². The molecule has 2 fully saturated rings. The number of nitrogens with one attached hydrogen (secondary N) is 1. The van der Waals surface area contributed by atoms with E-state index in [1.54, 1.807) is 39.2 Å². The molecule has 2 aliphatic rings. The van der Waals surface area contributed by atoms with Crippen molar-refractivity contribution in [2.24, 2.45) is 17.3 Å². The standard InChI is InChI=1S/C21H29N3O5/c1-20(2,3)29-19(28)23-14(9-12-7-6-8-22-10-12)17(25)24-11-13-15(21(13,4)5)16(24)18(26)27/h6-8,10,13-16H,9,11H2,1-5H3,(H,23,28)(H,26,27)/t13-,14?,15-,16-/m0/s1. The van der Waals surface area contributed by atoms with E-state index in [1.165, 1.54) is 4.90 Å². The third kappa shape index (κ3) is 4.36. The summed E-state index contributed by atoms with van der Waals surface area (Å²) in [5, 5.41) is 12.4. The Morgan fingerprint density at radius 1 is 1.38 bits per heavy atom. The molecule has 2 N–H and O–H groups in total. The Bertz CT molecular complexity index is 802. The van der Waals surface area contributed by atoms with Crippen LogP contribution in [0.2, 0.25) is 0 Å². The second-order valence-electron chi connectivity index (χ2n) is 9.49. The summed E-state index contributed by atoms with van der Waals surface area (Å²) in [5.41, 5.74) is -0.0370. The van der Waals surface area contributed by atoms with Gasteiger partial charge in [-0.15, -0.1) is 0 Å². The molecular weight excluding hydrogens is 374 g/mol. The molecule has 0 spiro atoms. The van der Waals surface area contributed by atoms with E-state index in [4.69, 9.17) is 4.74 Å². The van der Waals surface area contributed by atoms with Gasteiger partial charge in [-0.2, -0.15) is 0 Å². The SMILES string of the molecule is CC(C)(C)OC(=O)NC(Cc1cccnc1)C(=O)N1C[C@H]2[C@@H]([C@H]1C(=O)O)C2(C)C. The first-order valence-electron chi connectivity index (χ1n) is 9.83. The zero-order valence-electron chi connectivity index (χ0n) is 17.5. The van der Waals surface area contributed by atoms with Crippen molar-refractivity contribution in [1.29, 1.82) is 0 Å². The van der Waals surface area contributed by atoms with Crippen molar-refractivity contribution in [3.05, 3.63) is 30.1 Å². The molecule has 1 saturated carbocycles. The van der Waals surface area contributed by atoms with Gasteiger partial charge >= 0.3 is 12.1 Å². The van der Waals surface area contributed by atoms with Crippen LogP contribution in [0, 0.1) is 17.3 Å². The lowest BCUT2D eigenvalue weighted by molar-refractivity contribution is -0.151. The van der Waals surface area contributed by atoms with E-state index in [0.717, 1.165) is 5.56 Å². The molecule has 3 rings (SSSR count). The average Bonchev–Trinajstić information content (AvgIpc) is 2.95. The van der Waals surface area contributed by atoms with Crippen molar-refractivity contribution in [1.82, 2.24) is 15.2 Å². The van der Waals surface area contributed by atoms with Gasteiger partial charge in [0.05, 0.1) is 0 Å². The number of carbonyl (C=O) groups is 3. The number of hydrogen-bond acceptors (Lipinski definition) is 5. The largest absolute Gasteiger partial charge is 0.480 e. The number of nitrogens with zero attached hydrogens (tertiary/aromatic N) is 2. The molecular formula is C21H29N3O5. The lowest BCUT2D eigenvalue weighted by Crippen LogP contribution is -2.55. The molecule has 0 bridgehead atoms. The first kappa shape index (κ1) is 21.1. The van der Waals surface area contributed by atoms with Crippen LogP contribution in [0.25, 0.3) is 0 Å². The number of carboxylic acids is 1. The molecule has 0 aromatic carbocycles. The van der Waals surface area contributed by atoms with Gasteiger partial charge in [0, 0.05) is 31.3 Å². The van der Waals surface area contributed by atoms with E-state index >= 15 is 0 Å². The monoisotopic (exact) mass is 403 g/mol. The number of carboxylic acid groups (broad SMARTS) is 1. The summed E-state index contributed by atoms with van der Waals surface area (Å²) in [7, 11) is 0. The highest BCUT2D eigenvalue weighted by Crippen LogP contribution is 2.64. The Kier molecular flexibility index (Phi) is 5.32. The summed E-state index contributed by atoms with van der Waals surface area (Å²) < 4.78 is 5.30. The number of amides is 2. The van der Waals surface area contributed by atoms with Crippen LogP contribution in [0.1, 0.15) is 40.2 Å². The minimum absolute atomic E-state index is 0.0653. The molecule has 8 heteroatoms. The van der Waals surface area contributed by atoms with E-state index in [1.807, 2.05) is 19.9 Å². The van der Waals surface area contributed by atoms with Crippen molar-refractivity contribution < 1.29 is 24.2 Å². The second kappa shape index (κ2) is 7.31. The number of pyridine rings is 1. The highest BCUT2D eigenvalue weighted by atomic mass is 16.6. The number of hydrogen-bond donors (Lipinski definition) is 2. The fourth-order valence-corrected chi connectivity index (χ4v) is 4.40. The van der Waals surface area contributed by atoms with Crippen molar-refractivity contribution >= 4 is 18.0 Å². The highest BCUT2D eigenvalue weighted by molar-refractivity contribution is 5.91. The molecule has 8 nitrogen and oxygen atoms in total. The molecule has 1 aromatic heterocycles. The van der Waals surface area contributed by atoms with Gasteiger partial charge in [0.15, 0.2) is 0 Å². The smallest absolute Gasteiger partial charge is 0.408 e. The van der Waals surface area contributed by atoms with E-state index in [-0.39, 0.29) is 23.7 Å². The number of carbonyl (C=O) groups excluding carboxylic acids is 2. The maximum Gasteiger partial charge on any atom is 0.408 e. The Hall–Kier alpha value is -2.64. The van der Waals surface area contributed by atoms with Crippen LogP contribution in [-0.4, -0.2) is 57.2 Å². The van der Waals surface area contributed by atoms with Crippen molar-refractivity contribution in [3.8, 4) is 0 Å². The Morgan fingerprint density at radius 2 is 2.07 bits per heavy atom. The number of aromatic nitrogens is 1. The number of alkyl carbamates (subject to hydrolysis) is 1. The number of piperidine rings is 1. The molecule has 2 heterocycles. The maximum atomic E-state index is 13.3. The predicted molar refractivity (Wildman–Crippen MR) is 105 cm³/mol. The average molecular weight is 403 g/mol. The van der Waals surface area contributed by atoms with Crippen LogP contribution in [0.5, 0.6) is 0 Å². The topological polar surface area (TPSA) is 109 Å².